The Morgan fingerprint density at radius 3 is 2.04 bits per heavy atom. The van der Waals surface area contributed by atoms with E-state index >= 15 is 0 Å². The molecule has 0 fully saturated rings. The van der Waals surface area contributed by atoms with Crippen LogP contribution in [0.2, 0.25) is 5.02 Å². The molecule has 2 aromatic carbocycles. The van der Waals surface area contributed by atoms with E-state index in [0.717, 1.165) is 4.90 Å². The Hall–Kier alpha value is -3.06. The van der Waals surface area contributed by atoms with Gasteiger partial charge in [-0.3, -0.25) is 24.6 Å². The second-order valence-electron chi connectivity index (χ2n) is 5.82. The minimum atomic E-state index is -1.24. The molecule has 0 spiro atoms. The normalized spacial score (nSPS) is 15.5. The Morgan fingerprint density at radius 1 is 1.04 bits per heavy atom. The number of benzene rings is 2. The third-order valence-electron chi connectivity index (χ3n) is 4.31. The van der Waals surface area contributed by atoms with Crippen LogP contribution in [0.15, 0.2) is 48.5 Å². The molecule has 0 unspecified atom stereocenters. The van der Waals surface area contributed by atoms with Crippen LogP contribution in [0.25, 0.3) is 0 Å². The van der Waals surface area contributed by atoms with Crippen molar-refractivity contribution in [1.82, 2.24) is 4.90 Å². The second kappa shape index (κ2) is 7.05. The Balaban J connectivity index is 2.05. The fraction of sp³-hybridized carbons (Fsp3) is 0.167. The van der Waals surface area contributed by atoms with Crippen LogP contribution in [0.3, 0.4) is 0 Å². The summed E-state index contributed by atoms with van der Waals surface area (Å²) in [6.45, 7) is -0.739. The summed E-state index contributed by atoms with van der Waals surface area (Å²) in [5.41, 5.74) is 0.783. The van der Waals surface area contributed by atoms with Crippen LogP contribution in [0.5, 0.6) is 0 Å². The van der Waals surface area contributed by atoms with Crippen molar-refractivity contribution in [2.24, 2.45) is 0 Å². The molecule has 0 radical (unpaired) electrons. The van der Waals surface area contributed by atoms with E-state index in [1.165, 1.54) is 12.1 Å². The van der Waals surface area contributed by atoms with Gasteiger partial charge in [0.2, 0.25) is 6.54 Å². The molecule has 1 aliphatic rings. The molecular weight excluding hydrogens is 360 g/mol. The van der Waals surface area contributed by atoms with Gasteiger partial charge in [-0.15, -0.1) is 0 Å². The van der Waals surface area contributed by atoms with Crippen LogP contribution in [-0.2, 0) is 4.79 Å². The molecular formula is C18H13ClN2O5. The second-order valence-corrected chi connectivity index (χ2v) is 6.26. The molecule has 7 nitrogen and oxygen atoms in total. The highest BCUT2D eigenvalue weighted by Gasteiger charge is 2.45. The highest BCUT2D eigenvalue weighted by molar-refractivity contribution is 6.30. The summed E-state index contributed by atoms with van der Waals surface area (Å²) in [4.78, 5) is 48.5. The van der Waals surface area contributed by atoms with E-state index in [0.29, 0.717) is 16.9 Å². The quantitative estimate of drug-likeness (QED) is 0.336. The molecule has 0 saturated carbocycles. The lowest BCUT2D eigenvalue weighted by Crippen LogP contribution is -2.47. The number of rotatable bonds is 6. The van der Waals surface area contributed by atoms with Gasteiger partial charge in [0.1, 0.15) is 12.3 Å². The zero-order chi connectivity index (χ0) is 18.8. The van der Waals surface area contributed by atoms with Gasteiger partial charge in [-0.05, 0) is 29.8 Å². The summed E-state index contributed by atoms with van der Waals surface area (Å²) in [5, 5.41) is 11.6. The lowest BCUT2D eigenvalue weighted by Gasteiger charge is -2.27. The predicted octanol–water partition coefficient (Wildman–Crippen LogP) is 2.56. The van der Waals surface area contributed by atoms with Crippen LogP contribution >= 0.6 is 11.6 Å². The van der Waals surface area contributed by atoms with Crippen LogP contribution in [0, 0.1) is 10.1 Å². The van der Waals surface area contributed by atoms with E-state index < -0.39 is 35.2 Å². The largest absolute Gasteiger partial charge is 0.303 e. The maximum Gasteiger partial charge on any atom is 0.262 e. The number of nitrogens with zero attached hydrogens (tertiary/aromatic N) is 2. The lowest BCUT2D eigenvalue weighted by atomic mass is 9.91. The van der Waals surface area contributed by atoms with Gasteiger partial charge < -0.3 is 4.79 Å². The average Bonchev–Trinajstić information content (AvgIpc) is 2.87. The van der Waals surface area contributed by atoms with Crippen molar-refractivity contribution < 1.29 is 19.3 Å². The minimum absolute atomic E-state index is 0.173. The van der Waals surface area contributed by atoms with E-state index in [-0.39, 0.29) is 11.1 Å². The third-order valence-corrected chi connectivity index (χ3v) is 4.56. The molecule has 2 amide bonds. The molecule has 2 aromatic rings. The van der Waals surface area contributed by atoms with Crippen molar-refractivity contribution >= 4 is 29.7 Å². The summed E-state index contributed by atoms with van der Waals surface area (Å²) < 4.78 is 0. The first-order valence-electron chi connectivity index (χ1n) is 7.73. The molecule has 1 heterocycles. The third kappa shape index (κ3) is 3.09. The van der Waals surface area contributed by atoms with Crippen molar-refractivity contribution in [1.29, 1.82) is 0 Å². The first-order valence-corrected chi connectivity index (χ1v) is 8.11. The van der Waals surface area contributed by atoms with E-state index in [4.69, 9.17) is 11.6 Å². The van der Waals surface area contributed by atoms with Crippen LogP contribution in [0.1, 0.15) is 32.2 Å². The molecule has 0 aromatic heterocycles. The van der Waals surface area contributed by atoms with Crippen molar-refractivity contribution in [2.75, 3.05) is 6.54 Å². The predicted molar refractivity (Wildman–Crippen MR) is 92.8 cm³/mol. The number of fused-ring (bicyclic) bond motifs is 1. The number of carbonyl (C=O) groups is 3. The van der Waals surface area contributed by atoms with Crippen LogP contribution in [-0.4, -0.2) is 40.5 Å². The minimum Gasteiger partial charge on any atom is -0.303 e. The van der Waals surface area contributed by atoms with Gasteiger partial charge in [0.05, 0.1) is 17.0 Å². The number of hydrogen-bond donors (Lipinski definition) is 0. The van der Waals surface area contributed by atoms with E-state index in [1.54, 1.807) is 36.4 Å². The summed E-state index contributed by atoms with van der Waals surface area (Å²) in [6, 6.07) is 11.1. The van der Waals surface area contributed by atoms with E-state index in [2.05, 4.69) is 0 Å². The highest BCUT2D eigenvalue weighted by atomic mass is 35.5. The number of imide groups is 1. The number of amides is 2. The number of carbonyl (C=O) groups excluding carboxylic acids is 3. The summed E-state index contributed by atoms with van der Waals surface area (Å²) in [5.74, 6) is -2.32. The standard InChI is InChI=1S/C18H13ClN2O5/c19-12-7-5-11(6-8-12)15(10-22)16(9-20(25)26)21-17(23)13-3-1-2-4-14(13)18(21)24/h1-8,10,15-16H,9H2/t15-,16+/m0/s1. The van der Waals surface area contributed by atoms with E-state index in [9.17, 15) is 24.5 Å². The molecule has 2 atom stereocenters. The van der Waals surface area contributed by atoms with Gasteiger partial charge in [-0.2, -0.15) is 0 Å². The fourth-order valence-corrected chi connectivity index (χ4v) is 3.22. The van der Waals surface area contributed by atoms with Gasteiger partial charge in [0.15, 0.2) is 0 Å². The van der Waals surface area contributed by atoms with Gasteiger partial charge in [0, 0.05) is 9.95 Å². The lowest BCUT2D eigenvalue weighted by molar-refractivity contribution is -0.485. The molecule has 3 rings (SSSR count). The maximum atomic E-state index is 12.7. The number of halogens is 1. The zero-order valence-electron chi connectivity index (χ0n) is 13.4. The zero-order valence-corrected chi connectivity index (χ0v) is 14.1. The smallest absolute Gasteiger partial charge is 0.262 e. The average molecular weight is 373 g/mol. The summed E-state index contributed by atoms with van der Waals surface area (Å²) >= 11 is 5.84. The first kappa shape index (κ1) is 17.8. The Labute approximate surface area is 153 Å². The highest BCUT2D eigenvalue weighted by Crippen LogP contribution is 2.31. The van der Waals surface area contributed by atoms with E-state index in [1.807, 2.05) is 0 Å². The molecule has 0 saturated heterocycles. The Bertz CT molecular complexity index is 862. The van der Waals surface area contributed by atoms with Gasteiger partial charge in [-0.25, -0.2) is 0 Å². The van der Waals surface area contributed by atoms with Crippen molar-refractivity contribution in [3.8, 4) is 0 Å². The molecule has 26 heavy (non-hydrogen) atoms. The molecule has 0 bridgehead atoms. The first-order chi connectivity index (χ1) is 12.4. The Morgan fingerprint density at radius 2 is 1.58 bits per heavy atom. The Kier molecular flexibility index (Phi) is 4.81. The van der Waals surface area contributed by atoms with Crippen molar-refractivity contribution in [2.45, 2.75) is 12.0 Å². The van der Waals surface area contributed by atoms with Crippen molar-refractivity contribution in [3.05, 3.63) is 80.4 Å². The molecule has 0 N–H and O–H groups in total. The topological polar surface area (TPSA) is 97.6 Å². The fourth-order valence-electron chi connectivity index (χ4n) is 3.09. The molecule has 1 aliphatic heterocycles. The molecule has 132 valence electrons. The van der Waals surface area contributed by atoms with Crippen LogP contribution in [0.4, 0.5) is 0 Å². The number of aldehydes is 1. The number of nitro groups is 1. The molecule has 0 aliphatic carbocycles. The van der Waals surface area contributed by atoms with Gasteiger partial charge >= 0.3 is 0 Å². The van der Waals surface area contributed by atoms with Gasteiger partial charge in [-0.1, -0.05) is 35.9 Å². The maximum absolute atomic E-state index is 12.7. The van der Waals surface area contributed by atoms with Crippen LogP contribution < -0.4 is 0 Å². The summed E-state index contributed by atoms with van der Waals surface area (Å²) in [7, 11) is 0. The number of hydrogen-bond acceptors (Lipinski definition) is 5. The monoisotopic (exact) mass is 372 g/mol. The molecule has 8 heteroatoms. The van der Waals surface area contributed by atoms with Gasteiger partial charge in [0.25, 0.3) is 11.8 Å². The summed E-state index contributed by atoms with van der Waals surface area (Å²) in [6.07, 6.45) is 0.515. The SMILES string of the molecule is O=C[C@@H](c1ccc(Cl)cc1)[C@@H](C[N+](=O)[O-])N1C(=O)c2ccccc2C1=O. The van der Waals surface area contributed by atoms with Crippen molar-refractivity contribution in [3.63, 3.8) is 0 Å².